The molecule has 0 fully saturated rings. The average Bonchev–Trinajstić information content (AvgIpc) is 2.76. The number of aromatic nitrogens is 1. The molecule has 0 spiro atoms. The summed E-state index contributed by atoms with van der Waals surface area (Å²) in [5, 5.41) is 12.4. The zero-order chi connectivity index (χ0) is 12.9. The van der Waals surface area contributed by atoms with Gasteiger partial charge in [0.2, 0.25) is 0 Å². The Labute approximate surface area is 112 Å². The Kier molecular flexibility index (Phi) is 5.86. The number of aliphatic hydroxyl groups excluding tert-OH is 1. The van der Waals surface area contributed by atoms with Crippen LogP contribution >= 0.6 is 22.9 Å². The predicted molar refractivity (Wildman–Crippen MR) is 73.8 cm³/mol. The highest BCUT2D eigenvalue weighted by Crippen LogP contribution is 2.15. The third-order valence-corrected chi connectivity index (χ3v) is 4.27. The molecule has 0 unspecified atom stereocenters. The van der Waals surface area contributed by atoms with Crippen molar-refractivity contribution in [2.45, 2.75) is 38.1 Å². The number of aliphatic hydroxyl groups is 1. The van der Waals surface area contributed by atoms with E-state index in [0.717, 1.165) is 30.1 Å². The molecule has 3 nitrogen and oxygen atoms in total. The van der Waals surface area contributed by atoms with Crippen LogP contribution < -0.4 is 0 Å². The maximum atomic E-state index is 9.25. The minimum absolute atomic E-state index is 0.149. The number of alkyl halides is 1. The summed E-state index contributed by atoms with van der Waals surface area (Å²) in [6, 6.07) is 0. The molecule has 98 valence electrons. The van der Waals surface area contributed by atoms with Crippen LogP contribution in [0.5, 0.6) is 0 Å². The lowest BCUT2D eigenvalue weighted by Crippen LogP contribution is -2.44. The maximum Gasteiger partial charge on any atom is 0.0929 e. The second kappa shape index (κ2) is 6.69. The van der Waals surface area contributed by atoms with Crippen molar-refractivity contribution < 1.29 is 5.11 Å². The third kappa shape index (κ3) is 4.54. The average molecular weight is 277 g/mol. The minimum atomic E-state index is -0.149. The van der Waals surface area contributed by atoms with Crippen LogP contribution in [0.3, 0.4) is 0 Å². The van der Waals surface area contributed by atoms with Crippen LogP contribution in [0.2, 0.25) is 0 Å². The number of likely N-dealkylation sites (N-methyl/N-ethyl adjacent to an activating group) is 1. The Morgan fingerprint density at radius 1 is 1.53 bits per heavy atom. The maximum absolute atomic E-state index is 9.25. The molecule has 0 aliphatic rings. The topological polar surface area (TPSA) is 36.4 Å². The minimum Gasteiger partial charge on any atom is -0.394 e. The van der Waals surface area contributed by atoms with Gasteiger partial charge in [-0.1, -0.05) is 0 Å². The Balaban J connectivity index is 2.32. The molecule has 0 aliphatic heterocycles. The first kappa shape index (κ1) is 14.9. The van der Waals surface area contributed by atoms with Gasteiger partial charge in [-0.3, -0.25) is 4.90 Å². The molecule has 17 heavy (non-hydrogen) atoms. The molecule has 0 saturated heterocycles. The normalized spacial score (nSPS) is 12.4. The van der Waals surface area contributed by atoms with Gasteiger partial charge < -0.3 is 5.11 Å². The monoisotopic (exact) mass is 276 g/mol. The molecule has 0 bridgehead atoms. The van der Waals surface area contributed by atoms with Crippen molar-refractivity contribution in [3.8, 4) is 0 Å². The van der Waals surface area contributed by atoms with Gasteiger partial charge >= 0.3 is 0 Å². The van der Waals surface area contributed by atoms with Crippen LogP contribution in [-0.2, 0) is 12.3 Å². The van der Waals surface area contributed by atoms with E-state index in [4.69, 9.17) is 11.6 Å². The van der Waals surface area contributed by atoms with E-state index < -0.39 is 0 Å². The Morgan fingerprint density at radius 3 is 2.76 bits per heavy atom. The van der Waals surface area contributed by atoms with Crippen LogP contribution in [0.25, 0.3) is 0 Å². The summed E-state index contributed by atoms with van der Waals surface area (Å²) < 4.78 is 0. The van der Waals surface area contributed by atoms with Gasteiger partial charge in [-0.2, -0.15) is 0 Å². The van der Waals surface area contributed by atoms with Crippen molar-refractivity contribution in [3.05, 3.63) is 16.1 Å². The van der Waals surface area contributed by atoms with Gasteiger partial charge in [0.05, 0.1) is 23.2 Å². The van der Waals surface area contributed by atoms with Gasteiger partial charge in [0, 0.05) is 17.3 Å². The Bertz CT molecular complexity index is 341. The summed E-state index contributed by atoms with van der Waals surface area (Å²) >= 11 is 7.39. The highest BCUT2D eigenvalue weighted by molar-refractivity contribution is 7.09. The second-order valence-electron chi connectivity index (χ2n) is 4.86. The predicted octanol–water partition coefficient (Wildman–Crippen LogP) is 2.52. The number of hydrogen-bond donors (Lipinski definition) is 1. The fraction of sp³-hybridized carbons (Fsp3) is 0.750. The summed E-state index contributed by atoms with van der Waals surface area (Å²) in [4.78, 5) is 6.61. The molecule has 0 radical (unpaired) electrons. The first-order valence-corrected chi connectivity index (χ1v) is 7.22. The smallest absolute Gasteiger partial charge is 0.0929 e. The lowest BCUT2D eigenvalue weighted by Gasteiger charge is -2.33. The molecule has 0 aromatic carbocycles. The van der Waals surface area contributed by atoms with Gasteiger partial charge in [-0.05, 0) is 33.9 Å². The molecule has 1 aromatic rings. The highest BCUT2D eigenvalue weighted by Gasteiger charge is 2.21. The summed E-state index contributed by atoms with van der Waals surface area (Å²) in [6.07, 6.45) is 2.03. The van der Waals surface area contributed by atoms with E-state index in [0.29, 0.717) is 5.88 Å². The second-order valence-corrected chi connectivity index (χ2v) is 6.07. The quantitative estimate of drug-likeness (QED) is 0.778. The Morgan fingerprint density at radius 2 is 2.24 bits per heavy atom. The molecule has 1 aromatic heterocycles. The first-order valence-electron chi connectivity index (χ1n) is 5.81. The standard InChI is InChI=1S/C12H21ClN2OS/c1-12(2,9-16)15(3)6-4-5-11-14-10(7-13)8-17-11/h8,16H,4-7,9H2,1-3H3. The molecule has 0 aliphatic carbocycles. The fourth-order valence-corrected chi connectivity index (χ4v) is 2.48. The van der Waals surface area contributed by atoms with Crippen molar-refractivity contribution in [2.75, 3.05) is 20.2 Å². The molecule has 0 saturated carbocycles. The molecule has 5 heteroatoms. The van der Waals surface area contributed by atoms with E-state index in [9.17, 15) is 5.11 Å². The first-order chi connectivity index (χ1) is 7.99. The van der Waals surface area contributed by atoms with E-state index in [-0.39, 0.29) is 12.1 Å². The van der Waals surface area contributed by atoms with Gasteiger partial charge in [0.25, 0.3) is 0 Å². The van der Waals surface area contributed by atoms with Gasteiger partial charge in [-0.15, -0.1) is 22.9 Å². The van der Waals surface area contributed by atoms with Crippen LogP contribution in [0.4, 0.5) is 0 Å². The zero-order valence-electron chi connectivity index (χ0n) is 10.7. The Hall–Kier alpha value is -0.160. The largest absolute Gasteiger partial charge is 0.394 e. The zero-order valence-corrected chi connectivity index (χ0v) is 12.3. The molecule has 1 rings (SSSR count). The van der Waals surface area contributed by atoms with Crippen LogP contribution in [0, 0.1) is 0 Å². The van der Waals surface area contributed by atoms with Gasteiger partial charge in [0.1, 0.15) is 0 Å². The van der Waals surface area contributed by atoms with E-state index in [2.05, 4.69) is 9.88 Å². The van der Waals surface area contributed by atoms with Crippen LogP contribution in [-0.4, -0.2) is 40.7 Å². The number of rotatable bonds is 7. The lowest BCUT2D eigenvalue weighted by atomic mass is 10.0. The molecular formula is C12H21ClN2OS. The number of halogens is 1. The third-order valence-electron chi connectivity index (χ3n) is 3.04. The van der Waals surface area contributed by atoms with Crippen molar-refractivity contribution in [1.82, 2.24) is 9.88 Å². The number of hydrogen-bond acceptors (Lipinski definition) is 4. The van der Waals surface area contributed by atoms with Gasteiger partial charge in [-0.25, -0.2) is 4.98 Å². The fourth-order valence-electron chi connectivity index (χ4n) is 1.42. The summed E-state index contributed by atoms with van der Waals surface area (Å²) in [6.45, 7) is 5.23. The molecule has 1 heterocycles. The van der Waals surface area contributed by atoms with Crippen LogP contribution in [0.1, 0.15) is 31.0 Å². The van der Waals surface area contributed by atoms with E-state index in [1.807, 2.05) is 26.3 Å². The molecule has 0 atom stereocenters. The van der Waals surface area contributed by atoms with E-state index in [1.54, 1.807) is 11.3 Å². The molecular weight excluding hydrogens is 256 g/mol. The van der Waals surface area contributed by atoms with Crippen molar-refractivity contribution in [3.63, 3.8) is 0 Å². The summed E-state index contributed by atoms with van der Waals surface area (Å²) in [5.41, 5.74) is 0.820. The van der Waals surface area contributed by atoms with Crippen molar-refractivity contribution >= 4 is 22.9 Å². The lowest BCUT2D eigenvalue weighted by molar-refractivity contribution is 0.0783. The SMILES string of the molecule is CN(CCCc1nc(CCl)cs1)C(C)(C)CO. The summed E-state index contributed by atoms with van der Waals surface area (Å²) in [7, 11) is 2.04. The molecule has 1 N–H and O–H groups in total. The van der Waals surface area contributed by atoms with E-state index in [1.165, 1.54) is 0 Å². The summed E-state index contributed by atoms with van der Waals surface area (Å²) in [5.74, 6) is 0.494. The van der Waals surface area contributed by atoms with Crippen LogP contribution in [0.15, 0.2) is 5.38 Å². The van der Waals surface area contributed by atoms with Crippen molar-refractivity contribution in [2.24, 2.45) is 0 Å². The number of thiazole rings is 1. The highest BCUT2D eigenvalue weighted by atomic mass is 35.5. The van der Waals surface area contributed by atoms with Gasteiger partial charge in [0.15, 0.2) is 0 Å². The van der Waals surface area contributed by atoms with Crippen molar-refractivity contribution in [1.29, 1.82) is 0 Å². The van der Waals surface area contributed by atoms with E-state index >= 15 is 0 Å². The number of nitrogens with zero attached hydrogens (tertiary/aromatic N) is 2. The number of aryl methyl sites for hydroxylation is 1. The molecule has 0 amide bonds.